The predicted molar refractivity (Wildman–Crippen MR) is 83.3 cm³/mol. The average molecular weight is 259 g/mol. The Kier molecular flexibility index (Phi) is 5.04. The molecule has 1 aromatic carbocycles. The van der Waals surface area contributed by atoms with Gasteiger partial charge in [-0.1, -0.05) is 57.5 Å². The van der Waals surface area contributed by atoms with Crippen LogP contribution in [0.3, 0.4) is 0 Å². The van der Waals surface area contributed by atoms with Crippen molar-refractivity contribution in [1.29, 1.82) is 0 Å². The lowest BCUT2D eigenvalue weighted by Gasteiger charge is -2.35. The molecule has 2 rings (SSSR count). The van der Waals surface area contributed by atoms with Crippen LogP contribution in [-0.4, -0.2) is 12.6 Å². The summed E-state index contributed by atoms with van der Waals surface area (Å²) in [7, 11) is 0. The van der Waals surface area contributed by atoms with E-state index in [4.69, 9.17) is 0 Å². The zero-order valence-corrected chi connectivity index (χ0v) is 12.8. The van der Waals surface area contributed by atoms with E-state index in [1.165, 1.54) is 37.7 Å². The van der Waals surface area contributed by atoms with Gasteiger partial charge in [0.1, 0.15) is 0 Å². The first-order valence-electron chi connectivity index (χ1n) is 7.91. The van der Waals surface area contributed by atoms with Gasteiger partial charge in [0, 0.05) is 6.04 Å². The maximum atomic E-state index is 3.82. The van der Waals surface area contributed by atoms with E-state index in [9.17, 15) is 0 Å². The Balaban J connectivity index is 2.07. The summed E-state index contributed by atoms with van der Waals surface area (Å²) in [4.78, 5) is 0. The third-order valence-electron chi connectivity index (χ3n) is 4.78. The fourth-order valence-corrected chi connectivity index (χ4v) is 3.65. The van der Waals surface area contributed by atoms with E-state index in [1.54, 1.807) is 0 Å². The molecule has 19 heavy (non-hydrogen) atoms. The molecule has 1 heteroatoms. The smallest absolute Gasteiger partial charge is 0.0141 e. The Labute approximate surface area is 118 Å². The maximum Gasteiger partial charge on any atom is 0.0141 e. The normalized spacial score (nSPS) is 23.4. The summed E-state index contributed by atoms with van der Waals surface area (Å²) >= 11 is 0. The van der Waals surface area contributed by atoms with Crippen molar-refractivity contribution in [3.05, 3.63) is 35.9 Å². The molecule has 1 nitrogen and oxygen atoms in total. The average Bonchev–Trinajstić information content (AvgIpc) is 2.75. The summed E-state index contributed by atoms with van der Waals surface area (Å²) in [6.45, 7) is 8.31. The monoisotopic (exact) mass is 259 g/mol. The molecule has 0 heterocycles. The molecule has 1 aliphatic carbocycles. The quantitative estimate of drug-likeness (QED) is 0.797. The summed E-state index contributed by atoms with van der Waals surface area (Å²) < 4.78 is 0. The summed E-state index contributed by atoms with van der Waals surface area (Å²) in [5, 5.41) is 3.82. The molecule has 2 atom stereocenters. The fraction of sp³-hybridized carbons (Fsp3) is 0.667. The van der Waals surface area contributed by atoms with E-state index in [0.29, 0.717) is 11.5 Å². The van der Waals surface area contributed by atoms with Gasteiger partial charge in [0.05, 0.1) is 0 Å². The number of benzene rings is 1. The Hall–Kier alpha value is -0.820. The molecule has 1 saturated carbocycles. The highest BCUT2D eigenvalue weighted by atomic mass is 14.9. The molecule has 1 N–H and O–H groups in total. The standard InChI is InChI=1S/C18H29N/c1-4-13-19-17(14-15-9-6-5-7-10-15)16-11-8-12-18(16,2)3/h5-7,9-10,16-17,19H,4,8,11-14H2,1-3H3. The van der Waals surface area contributed by atoms with E-state index < -0.39 is 0 Å². The minimum atomic E-state index is 0.500. The van der Waals surface area contributed by atoms with Crippen LogP contribution in [0.1, 0.15) is 52.0 Å². The number of hydrogen-bond donors (Lipinski definition) is 1. The molecule has 0 amide bonds. The predicted octanol–water partition coefficient (Wildman–Crippen LogP) is 4.42. The molecule has 106 valence electrons. The second kappa shape index (κ2) is 6.56. The number of hydrogen-bond acceptors (Lipinski definition) is 1. The van der Waals surface area contributed by atoms with E-state index >= 15 is 0 Å². The van der Waals surface area contributed by atoms with Gasteiger partial charge in [0.2, 0.25) is 0 Å². The fourth-order valence-electron chi connectivity index (χ4n) is 3.65. The van der Waals surface area contributed by atoms with Crippen LogP contribution in [0, 0.1) is 11.3 Å². The molecule has 0 radical (unpaired) electrons. The lowest BCUT2D eigenvalue weighted by Crippen LogP contribution is -2.42. The van der Waals surface area contributed by atoms with Crippen LogP contribution in [0.15, 0.2) is 30.3 Å². The molecule has 0 spiro atoms. The topological polar surface area (TPSA) is 12.0 Å². The second-order valence-corrected chi connectivity index (χ2v) is 6.74. The molecule has 0 saturated heterocycles. The number of rotatable bonds is 6. The van der Waals surface area contributed by atoms with Crippen molar-refractivity contribution in [1.82, 2.24) is 5.32 Å². The molecule has 1 aromatic rings. The van der Waals surface area contributed by atoms with Gasteiger partial charge in [0.25, 0.3) is 0 Å². The van der Waals surface area contributed by atoms with Crippen molar-refractivity contribution < 1.29 is 0 Å². The second-order valence-electron chi connectivity index (χ2n) is 6.74. The van der Waals surface area contributed by atoms with Crippen LogP contribution < -0.4 is 5.32 Å². The van der Waals surface area contributed by atoms with Gasteiger partial charge in [-0.25, -0.2) is 0 Å². The number of nitrogens with one attached hydrogen (secondary N) is 1. The molecular weight excluding hydrogens is 230 g/mol. The van der Waals surface area contributed by atoms with Crippen molar-refractivity contribution in [3.8, 4) is 0 Å². The van der Waals surface area contributed by atoms with E-state index in [-0.39, 0.29) is 0 Å². The van der Waals surface area contributed by atoms with E-state index in [2.05, 4.69) is 56.4 Å². The lowest BCUT2D eigenvalue weighted by molar-refractivity contribution is 0.195. The van der Waals surface area contributed by atoms with Gasteiger partial charge in [-0.15, -0.1) is 0 Å². The SMILES string of the molecule is CCCNC(Cc1ccccc1)C1CCCC1(C)C. The summed E-state index contributed by atoms with van der Waals surface area (Å²) in [5.74, 6) is 0.819. The van der Waals surface area contributed by atoms with Crippen LogP contribution in [0.5, 0.6) is 0 Å². The van der Waals surface area contributed by atoms with Gasteiger partial charge >= 0.3 is 0 Å². The zero-order valence-electron chi connectivity index (χ0n) is 12.8. The van der Waals surface area contributed by atoms with Crippen LogP contribution in [0.25, 0.3) is 0 Å². The molecule has 0 bridgehead atoms. The Bertz CT molecular complexity index is 369. The van der Waals surface area contributed by atoms with Gasteiger partial charge in [0.15, 0.2) is 0 Å². The van der Waals surface area contributed by atoms with Crippen molar-refractivity contribution in [2.45, 2.75) is 58.9 Å². The highest BCUT2D eigenvalue weighted by Crippen LogP contribution is 2.44. The van der Waals surface area contributed by atoms with Crippen LogP contribution in [0.2, 0.25) is 0 Å². The molecule has 0 aliphatic heterocycles. The zero-order chi connectivity index (χ0) is 13.7. The van der Waals surface area contributed by atoms with Crippen molar-refractivity contribution >= 4 is 0 Å². The van der Waals surface area contributed by atoms with Crippen LogP contribution in [-0.2, 0) is 6.42 Å². The van der Waals surface area contributed by atoms with Gasteiger partial charge in [-0.2, -0.15) is 0 Å². The van der Waals surface area contributed by atoms with Gasteiger partial charge < -0.3 is 5.32 Å². The van der Waals surface area contributed by atoms with E-state index in [1.807, 2.05) is 0 Å². The molecule has 1 aliphatic rings. The third-order valence-corrected chi connectivity index (χ3v) is 4.78. The summed E-state index contributed by atoms with van der Waals surface area (Å²) in [6.07, 6.45) is 6.57. The first-order chi connectivity index (χ1) is 9.13. The molecule has 1 fully saturated rings. The Morgan fingerprint density at radius 2 is 2.00 bits per heavy atom. The molecule has 0 aromatic heterocycles. The van der Waals surface area contributed by atoms with Crippen LogP contribution in [0.4, 0.5) is 0 Å². The highest BCUT2D eigenvalue weighted by Gasteiger charge is 2.39. The lowest BCUT2D eigenvalue weighted by atomic mass is 9.76. The van der Waals surface area contributed by atoms with Gasteiger partial charge in [-0.3, -0.25) is 0 Å². The van der Waals surface area contributed by atoms with Crippen LogP contribution >= 0.6 is 0 Å². The third kappa shape index (κ3) is 3.82. The summed E-state index contributed by atoms with van der Waals surface area (Å²) in [6, 6.07) is 11.6. The first kappa shape index (κ1) is 14.6. The minimum Gasteiger partial charge on any atom is -0.313 e. The van der Waals surface area contributed by atoms with Crippen molar-refractivity contribution in [3.63, 3.8) is 0 Å². The largest absolute Gasteiger partial charge is 0.313 e. The Morgan fingerprint density at radius 1 is 1.26 bits per heavy atom. The van der Waals surface area contributed by atoms with Gasteiger partial charge in [-0.05, 0) is 49.1 Å². The summed E-state index contributed by atoms with van der Waals surface area (Å²) in [5.41, 5.74) is 1.97. The minimum absolute atomic E-state index is 0.500. The maximum absolute atomic E-state index is 3.82. The Morgan fingerprint density at radius 3 is 2.58 bits per heavy atom. The van der Waals surface area contributed by atoms with Crippen molar-refractivity contribution in [2.75, 3.05) is 6.54 Å². The first-order valence-corrected chi connectivity index (χ1v) is 7.91. The van der Waals surface area contributed by atoms with E-state index in [0.717, 1.165) is 12.5 Å². The highest BCUT2D eigenvalue weighted by molar-refractivity contribution is 5.16. The molecular formula is C18H29N. The van der Waals surface area contributed by atoms with Crippen molar-refractivity contribution in [2.24, 2.45) is 11.3 Å². The molecule has 2 unspecified atom stereocenters.